The number of carbonyl (C=O) groups excluding carboxylic acids is 2. The Hall–Kier alpha value is -1.53. The number of fused-ring (bicyclic) bond motifs is 4. The summed E-state index contributed by atoms with van der Waals surface area (Å²) >= 11 is 1.70. The van der Waals surface area contributed by atoms with E-state index in [1.165, 1.54) is 4.90 Å². The summed E-state index contributed by atoms with van der Waals surface area (Å²) in [4.78, 5) is 28.9. The minimum Gasteiger partial charge on any atom is -0.350 e. The van der Waals surface area contributed by atoms with Crippen LogP contribution in [0.15, 0.2) is 29.2 Å². The number of thioether (sulfide) groups is 1. The summed E-state index contributed by atoms with van der Waals surface area (Å²) in [6.45, 7) is 2.31. The van der Waals surface area contributed by atoms with Crippen molar-refractivity contribution in [3.8, 4) is 0 Å². The molecule has 0 saturated carbocycles. The lowest BCUT2D eigenvalue weighted by Crippen LogP contribution is -2.67. The van der Waals surface area contributed by atoms with Crippen LogP contribution in [0.4, 0.5) is 0 Å². The van der Waals surface area contributed by atoms with Gasteiger partial charge in [0.25, 0.3) is 0 Å². The first kappa shape index (κ1) is 17.9. The molecule has 3 aliphatic heterocycles. The molecule has 2 amide bonds. The van der Waals surface area contributed by atoms with Crippen LogP contribution in [0.5, 0.6) is 0 Å². The Morgan fingerprint density at radius 3 is 3.04 bits per heavy atom. The number of benzene rings is 1. The third kappa shape index (κ3) is 3.37. The van der Waals surface area contributed by atoms with E-state index >= 15 is 0 Å². The van der Waals surface area contributed by atoms with E-state index < -0.39 is 0 Å². The van der Waals surface area contributed by atoms with Crippen LogP contribution < -0.4 is 10.6 Å². The molecule has 5 nitrogen and oxygen atoms in total. The van der Waals surface area contributed by atoms with Gasteiger partial charge in [-0.2, -0.15) is 0 Å². The van der Waals surface area contributed by atoms with E-state index in [1.807, 2.05) is 23.3 Å². The van der Waals surface area contributed by atoms with E-state index in [4.69, 9.17) is 0 Å². The summed E-state index contributed by atoms with van der Waals surface area (Å²) in [5.41, 5.74) is 1.10. The predicted molar refractivity (Wildman–Crippen MR) is 103 cm³/mol. The Morgan fingerprint density at radius 2 is 2.19 bits per heavy atom. The maximum Gasteiger partial charge on any atom is 0.243 e. The molecule has 0 spiro atoms. The van der Waals surface area contributed by atoms with E-state index in [0.29, 0.717) is 18.9 Å². The third-order valence-electron chi connectivity index (χ3n) is 6.11. The Kier molecular flexibility index (Phi) is 5.23. The second-order valence-corrected chi connectivity index (χ2v) is 8.57. The van der Waals surface area contributed by atoms with E-state index in [-0.39, 0.29) is 29.8 Å². The molecule has 6 heteroatoms. The molecule has 3 saturated heterocycles. The van der Waals surface area contributed by atoms with Gasteiger partial charge in [0.2, 0.25) is 11.8 Å². The first-order valence-corrected chi connectivity index (χ1v) is 10.8. The minimum absolute atomic E-state index is 0.00644. The lowest BCUT2D eigenvalue weighted by Gasteiger charge is -2.53. The second-order valence-electron chi connectivity index (χ2n) is 7.69. The smallest absolute Gasteiger partial charge is 0.243 e. The molecule has 26 heavy (non-hydrogen) atoms. The number of rotatable bonds is 4. The van der Waals surface area contributed by atoms with Gasteiger partial charge >= 0.3 is 0 Å². The first-order valence-electron chi connectivity index (χ1n) is 9.60. The zero-order chi connectivity index (χ0) is 18.1. The zero-order valence-electron chi connectivity index (χ0n) is 15.2. The molecule has 3 heterocycles. The quantitative estimate of drug-likeness (QED) is 0.793. The van der Waals surface area contributed by atoms with Crippen LogP contribution in [-0.2, 0) is 16.1 Å². The van der Waals surface area contributed by atoms with Crippen LogP contribution in [0.2, 0.25) is 0 Å². The van der Waals surface area contributed by atoms with Gasteiger partial charge in [0.05, 0.1) is 0 Å². The molecule has 3 fully saturated rings. The highest BCUT2D eigenvalue weighted by Gasteiger charge is 2.50. The average Bonchev–Trinajstić information content (AvgIpc) is 2.67. The number of nitrogens with one attached hydrogen (secondary N) is 2. The molecule has 1 aromatic carbocycles. The van der Waals surface area contributed by atoms with Gasteiger partial charge in [-0.15, -0.1) is 11.8 Å². The zero-order valence-corrected chi connectivity index (χ0v) is 16.1. The summed E-state index contributed by atoms with van der Waals surface area (Å²) in [6, 6.07) is 8.15. The highest BCUT2D eigenvalue weighted by Crippen LogP contribution is 2.39. The van der Waals surface area contributed by atoms with E-state index in [0.717, 1.165) is 37.9 Å². The van der Waals surface area contributed by atoms with Crippen molar-refractivity contribution in [3.63, 3.8) is 0 Å². The molecule has 4 rings (SSSR count). The van der Waals surface area contributed by atoms with Crippen molar-refractivity contribution in [2.45, 2.75) is 49.2 Å². The summed E-state index contributed by atoms with van der Waals surface area (Å²) in [5, 5.41) is 6.59. The van der Waals surface area contributed by atoms with Gasteiger partial charge in [-0.25, -0.2) is 0 Å². The number of piperidine rings is 3. The fourth-order valence-electron chi connectivity index (χ4n) is 4.93. The Balaban J connectivity index is 1.50. The van der Waals surface area contributed by atoms with Crippen molar-refractivity contribution in [1.82, 2.24) is 15.5 Å². The van der Waals surface area contributed by atoms with Gasteiger partial charge in [-0.05, 0) is 55.7 Å². The maximum absolute atomic E-state index is 13.1. The monoisotopic (exact) mass is 373 g/mol. The van der Waals surface area contributed by atoms with E-state index in [1.54, 1.807) is 11.8 Å². The summed E-state index contributed by atoms with van der Waals surface area (Å²) in [6.07, 6.45) is 5.68. The lowest BCUT2D eigenvalue weighted by molar-refractivity contribution is -0.157. The number of nitrogens with zero attached hydrogens (tertiary/aromatic N) is 1. The molecule has 1 aromatic rings. The first-order chi connectivity index (χ1) is 12.7. The standard InChI is InChI=1S/C20H27N3O2S/c1-26-16-5-2-4-13(8-16)10-22-20(25)19-15-9-14(11-21-12-15)17-6-3-7-18(24)23(17)19/h2,4-5,8,14-15,17,19,21H,3,6-7,9-12H2,1H3,(H,22,25)/t14-,15+,17+,19-/m1/s1. The lowest BCUT2D eigenvalue weighted by atomic mass is 9.72. The third-order valence-corrected chi connectivity index (χ3v) is 6.84. The highest BCUT2D eigenvalue weighted by molar-refractivity contribution is 7.98. The minimum atomic E-state index is -0.319. The van der Waals surface area contributed by atoms with Gasteiger partial charge in [-0.1, -0.05) is 12.1 Å². The molecule has 0 unspecified atom stereocenters. The fourth-order valence-corrected chi connectivity index (χ4v) is 5.41. The average molecular weight is 374 g/mol. The van der Waals surface area contributed by atoms with Crippen LogP contribution >= 0.6 is 11.8 Å². The van der Waals surface area contributed by atoms with Crippen LogP contribution in [0.25, 0.3) is 0 Å². The highest BCUT2D eigenvalue weighted by atomic mass is 32.2. The van der Waals surface area contributed by atoms with Crippen molar-refractivity contribution >= 4 is 23.6 Å². The SMILES string of the molecule is CSc1cccc(CNC(=O)[C@H]2[C@@H]3CNC[C@@H](C3)[C@@H]3CCCC(=O)N32)c1. The van der Waals surface area contributed by atoms with Crippen LogP contribution in [-0.4, -0.2) is 48.1 Å². The van der Waals surface area contributed by atoms with Gasteiger partial charge < -0.3 is 15.5 Å². The van der Waals surface area contributed by atoms with Gasteiger partial charge in [-0.3, -0.25) is 9.59 Å². The van der Waals surface area contributed by atoms with Gasteiger partial charge in [0.1, 0.15) is 6.04 Å². The largest absolute Gasteiger partial charge is 0.350 e. The number of carbonyl (C=O) groups is 2. The van der Waals surface area contributed by atoms with Crippen molar-refractivity contribution in [1.29, 1.82) is 0 Å². The molecular weight excluding hydrogens is 346 g/mol. The summed E-state index contributed by atoms with van der Waals surface area (Å²) < 4.78 is 0. The van der Waals surface area contributed by atoms with Gasteiger partial charge in [0, 0.05) is 36.4 Å². The molecule has 140 valence electrons. The molecule has 2 N–H and O–H groups in total. The normalized spacial score (nSPS) is 30.7. The predicted octanol–water partition coefficient (Wildman–Crippen LogP) is 2.01. The van der Waals surface area contributed by atoms with Crippen LogP contribution in [0.3, 0.4) is 0 Å². The Bertz CT molecular complexity index is 695. The van der Waals surface area contributed by atoms with Crippen molar-refractivity contribution in [2.24, 2.45) is 11.8 Å². The number of amides is 2. The van der Waals surface area contributed by atoms with Crippen LogP contribution in [0, 0.1) is 11.8 Å². The molecule has 0 radical (unpaired) electrons. The van der Waals surface area contributed by atoms with E-state index in [2.05, 4.69) is 22.8 Å². The van der Waals surface area contributed by atoms with Crippen molar-refractivity contribution < 1.29 is 9.59 Å². The van der Waals surface area contributed by atoms with E-state index in [9.17, 15) is 9.59 Å². The molecule has 2 bridgehead atoms. The number of hydrogen-bond acceptors (Lipinski definition) is 4. The molecule has 4 atom stereocenters. The van der Waals surface area contributed by atoms with Crippen LogP contribution in [0.1, 0.15) is 31.2 Å². The van der Waals surface area contributed by atoms with Crippen molar-refractivity contribution in [2.75, 3.05) is 19.3 Å². The second kappa shape index (κ2) is 7.61. The molecule has 3 aliphatic rings. The molecule has 0 aliphatic carbocycles. The molecule has 0 aromatic heterocycles. The molecular formula is C20H27N3O2S. The summed E-state index contributed by atoms with van der Waals surface area (Å²) in [5.74, 6) is 0.902. The Labute approximate surface area is 159 Å². The Morgan fingerprint density at radius 1 is 1.35 bits per heavy atom. The van der Waals surface area contributed by atoms with Crippen molar-refractivity contribution in [3.05, 3.63) is 29.8 Å². The van der Waals surface area contributed by atoms with Gasteiger partial charge in [0.15, 0.2) is 0 Å². The topological polar surface area (TPSA) is 61.4 Å². The number of hydrogen-bond donors (Lipinski definition) is 2. The maximum atomic E-state index is 13.1. The fraction of sp³-hybridized carbons (Fsp3) is 0.600. The summed E-state index contributed by atoms with van der Waals surface area (Å²) in [7, 11) is 0.